The zero-order chi connectivity index (χ0) is 10.6. The molecule has 0 aliphatic rings. The molecule has 5 heteroatoms. The lowest BCUT2D eigenvalue weighted by atomic mass is 10.3. The van der Waals surface area contributed by atoms with E-state index in [1.807, 2.05) is 30.3 Å². The highest BCUT2D eigenvalue weighted by molar-refractivity contribution is 9.10. The molecule has 4 nitrogen and oxygen atoms in total. The molecular formula is C9H11BrN2O2. The average Bonchev–Trinajstić information content (AvgIpc) is 2.27. The van der Waals surface area contributed by atoms with Crippen molar-refractivity contribution < 1.29 is 9.63 Å². The van der Waals surface area contributed by atoms with Crippen LogP contribution in [0.3, 0.4) is 0 Å². The van der Waals surface area contributed by atoms with Crippen molar-refractivity contribution in [3.63, 3.8) is 0 Å². The van der Waals surface area contributed by atoms with Crippen LogP contribution in [0.2, 0.25) is 0 Å². The van der Waals surface area contributed by atoms with E-state index in [-0.39, 0.29) is 6.03 Å². The molecule has 0 unspecified atom stereocenters. The molecule has 0 radical (unpaired) electrons. The first kappa shape index (κ1) is 11.0. The zero-order valence-corrected chi connectivity index (χ0v) is 9.56. The van der Waals surface area contributed by atoms with Crippen LogP contribution < -0.4 is 3.93 Å². The number of urea groups is 1. The van der Waals surface area contributed by atoms with Crippen LogP contribution in [0.25, 0.3) is 0 Å². The van der Waals surface area contributed by atoms with E-state index < -0.39 is 0 Å². The molecule has 0 heterocycles. The second-order valence-corrected chi connectivity index (χ2v) is 3.29. The van der Waals surface area contributed by atoms with Crippen LogP contribution in [-0.2, 0) is 4.84 Å². The monoisotopic (exact) mass is 258 g/mol. The summed E-state index contributed by atoms with van der Waals surface area (Å²) in [6, 6.07) is 8.92. The van der Waals surface area contributed by atoms with Crippen LogP contribution in [-0.4, -0.2) is 25.3 Å². The molecule has 0 aliphatic carbocycles. The number of para-hydroxylation sites is 1. The topological polar surface area (TPSA) is 32.8 Å². The van der Waals surface area contributed by atoms with Crippen LogP contribution in [0.15, 0.2) is 30.3 Å². The van der Waals surface area contributed by atoms with Gasteiger partial charge in [0, 0.05) is 7.05 Å². The van der Waals surface area contributed by atoms with E-state index in [4.69, 9.17) is 4.84 Å². The van der Waals surface area contributed by atoms with Gasteiger partial charge in [0.05, 0.1) is 28.9 Å². The number of nitrogens with zero attached hydrogens (tertiary/aromatic N) is 2. The summed E-state index contributed by atoms with van der Waals surface area (Å²) < 4.78 is 1.33. The fraction of sp³-hybridized carbons (Fsp3) is 0.222. The Bertz CT molecular complexity index is 305. The minimum Gasteiger partial charge on any atom is -0.273 e. The lowest BCUT2D eigenvalue weighted by Gasteiger charge is -2.20. The molecule has 0 aliphatic heterocycles. The summed E-state index contributed by atoms with van der Waals surface area (Å²) in [5, 5.41) is 1.13. The van der Waals surface area contributed by atoms with Crippen molar-refractivity contribution in [2.45, 2.75) is 0 Å². The first-order valence-corrected chi connectivity index (χ1v) is 4.70. The lowest BCUT2D eigenvalue weighted by Crippen LogP contribution is -2.34. The normalized spacial score (nSPS) is 9.64. The van der Waals surface area contributed by atoms with Gasteiger partial charge in [-0.2, -0.15) is 0 Å². The molecule has 0 bridgehead atoms. The summed E-state index contributed by atoms with van der Waals surface area (Å²) in [6.45, 7) is 0. The molecule has 1 rings (SSSR count). The lowest BCUT2D eigenvalue weighted by molar-refractivity contribution is -0.0608. The second kappa shape index (κ2) is 4.97. The molecule has 0 atom stereocenters. The van der Waals surface area contributed by atoms with Crippen molar-refractivity contribution in [1.82, 2.24) is 5.06 Å². The van der Waals surface area contributed by atoms with Crippen molar-refractivity contribution in [3.05, 3.63) is 30.3 Å². The molecule has 0 fully saturated rings. The Morgan fingerprint density at radius 2 is 1.93 bits per heavy atom. The summed E-state index contributed by atoms with van der Waals surface area (Å²) in [5.41, 5.74) is 0.751. The Hall–Kier alpha value is -1.07. The van der Waals surface area contributed by atoms with Crippen molar-refractivity contribution in [3.8, 4) is 0 Å². The molecule has 14 heavy (non-hydrogen) atoms. The van der Waals surface area contributed by atoms with Crippen LogP contribution in [0.4, 0.5) is 10.5 Å². The summed E-state index contributed by atoms with van der Waals surface area (Å²) >= 11 is 3.15. The Balaban J connectivity index is 2.76. The van der Waals surface area contributed by atoms with Crippen molar-refractivity contribution in [2.24, 2.45) is 0 Å². The molecule has 0 saturated carbocycles. The predicted octanol–water partition coefficient (Wildman–Crippen LogP) is 2.42. The van der Waals surface area contributed by atoms with E-state index in [2.05, 4.69) is 16.1 Å². The highest BCUT2D eigenvalue weighted by atomic mass is 79.9. The minimum absolute atomic E-state index is 0.293. The molecule has 1 aromatic carbocycles. The smallest absolute Gasteiger partial charge is 0.273 e. The van der Waals surface area contributed by atoms with Crippen LogP contribution in [0.5, 0.6) is 0 Å². The molecule has 0 saturated heterocycles. The zero-order valence-electron chi connectivity index (χ0n) is 7.98. The molecule has 0 aromatic heterocycles. The maximum absolute atomic E-state index is 11.6. The molecule has 2 amide bonds. The van der Waals surface area contributed by atoms with Gasteiger partial charge >= 0.3 is 6.03 Å². The fourth-order valence-corrected chi connectivity index (χ4v) is 1.33. The maximum Gasteiger partial charge on any atom is 0.358 e. The second-order valence-electron chi connectivity index (χ2n) is 2.58. The van der Waals surface area contributed by atoms with Crippen molar-refractivity contribution >= 4 is 27.9 Å². The van der Waals surface area contributed by atoms with Crippen LogP contribution >= 0.6 is 16.1 Å². The number of halogens is 1. The average molecular weight is 259 g/mol. The SMILES string of the molecule is CON(C)C(=O)N(Br)c1ccccc1. The quantitative estimate of drug-likeness (QED) is 0.603. The van der Waals surface area contributed by atoms with E-state index in [1.54, 1.807) is 7.05 Å². The third-order valence-electron chi connectivity index (χ3n) is 1.69. The summed E-state index contributed by atoms with van der Waals surface area (Å²) in [4.78, 5) is 16.3. The van der Waals surface area contributed by atoms with Gasteiger partial charge in [-0.3, -0.25) is 4.84 Å². The third-order valence-corrected chi connectivity index (χ3v) is 2.41. The Kier molecular flexibility index (Phi) is 3.91. The Morgan fingerprint density at radius 1 is 1.36 bits per heavy atom. The van der Waals surface area contributed by atoms with Gasteiger partial charge in [-0.05, 0) is 12.1 Å². The fourth-order valence-electron chi connectivity index (χ4n) is 0.871. The summed E-state index contributed by atoms with van der Waals surface area (Å²) in [5.74, 6) is 0. The molecule has 0 N–H and O–H groups in total. The van der Waals surface area contributed by atoms with Gasteiger partial charge in [-0.25, -0.2) is 13.8 Å². The standard InChI is InChI=1S/C9H11BrN2O2/c1-11(14-2)9(13)12(10)8-6-4-3-5-7-8/h3-7H,1-2H3. The van der Waals surface area contributed by atoms with E-state index in [0.29, 0.717) is 0 Å². The summed E-state index contributed by atoms with van der Waals surface area (Å²) in [6.07, 6.45) is 0. The van der Waals surface area contributed by atoms with Crippen molar-refractivity contribution in [2.75, 3.05) is 18.1 Å². The largest absolute Gasteiger partial charge is 0.358 e. The Labute approximate surface area is 91.4 Å². The number of hydroxylamine groups is 2. The van der Waals surface area contributed by atoms with Gasteiger partial charge in [0.15, 0.2) is 0 Å². The predicted molar refractivity (Wildman–Crippen MR) is 58.0 cm³/mol. The van der Waals surface area contributed by atoms with E-state index in [0.717, 1.165) is 10.8 Å². The van der Waals surface area contributed by atoms with Gasteiger partial charge in [0.1, 0.15) is 0 Å². The molecule has 1 aromatic rings. The highest BCUT2D eigenvalue weighted by Crippen LogP contribution is 2.18. The molecule has 0 spiro atoms. The number of hydrogen-bond acceptors (Lipinski definition) is 2. The number of rotatable bonds is 2. The molecule has 76 valence electrons. The van der Waals surface area contributed by atoms with E-state index in [1.165, 1.54) is 11.0 Å². The van der Waals surface area contributed by atoms with Crippen molar-refractivity contribution in [1.29, 1.82) is 0 Å². The maximum atomic E-state index is 11.6. The number of amides is 2. The number of carbonyl (C=O) groups excluding carboxylic acids is 1. The van der Waals surface area contributed by atoms with Gasteiger partial charge in [-0.15, -0.1) is 0 Å². The minimum atomic E-state index is -0.293. The van der Waals surface area contributed by atoms with Gasteiger partial charge in [0.2, 0.25) is 0 Å². The first-order chi connectivity index (χ1) is 6.66. The highest BCUT2D eigenvalue weighted by Gasteiger charge is 2.16. The van der Waals surface area contributed by atoms with Crippen LogP contribution in [0.1, 0.15) is 0 Å². The Morgan fingerprint density at radius 3 is 2.43 bits per heavy atom. The first-order valence-electron chi connectivity index (χ1n) is 3.99. The summed E-state index contributed by atoms with van der Waals surface area (Å²) in [7, 11) is 2.98. The van der Waals surface area contributed by atoms with E-state index >= 15 is 0 Å². The van der Waals surface area contributed by atoms with Gasteiger partial charge < -0.3 is 0 Å². The number of anilines is 1. The number of carbonyl (C=O) groups is 1. The van der Waals surface area contributed by atoms with Crippen LogP contribution in [0, 0.1) is 0 Å². The molecular weight excluding hydrogens is 248 g/mol. The third kappa shape index (κ3) is 2.46. The van der Waals surface area contributed by atoms with Gasteiger partial charge in [0.25, 0.3) is 0 Å². The number of benzene rings is 1. The van der Waals surface area contributed by atoms with Gasteiger partial charge in [-0.1, -0.05) is 18.2 Å². The van der Waals surface area contributed by atoms with E-state index in [9.17, 15) is 4.79 Å². The number of hydrogen-bond donors (Lipinski definition) is 0.